The predicted octanol–water partition coefficient (Wildman–Crippen LogP) is 3.35. The molecule has 66 valence electrons. The second-order valence-electron chi connectivity index (χ2n) is 3.35. The lowest BCUT2D eigenvalue weighted by Crippen LogP contribution is -1.99. The maximum Gasteiger partial charge on any atom is 0.0461 e. The molecule has 0 saturated carbocycles. The van der Waals surface area contributed by atoms with Gasteiger partial charge in [0.05, 0.1) is 0 Å². The largest absolute Gasteiger partial charge is 0.398 e. The number of nitrogen functional groups attached to an aromatic ring is 1. The maximum atomic E-state index is 6.02. The first-order valence-corrected chi connectivity index (χ1v) is 4.46. The first-order valence-electron chi connectivity index (χ1n) is 4.08. The first kappa shape index (κ1) is 9.40. The van der Waals surface area contributed by atoms with Crippen molar-refractivity contribution < 1.29 is 0 Å². The van der Waals surface area contributed by atoms with Crippen LogP contribution in [0.4, 0.5) is 5.69 Å². The van der Waals surface area contributed by atoms with Crippen LogP contribution in [0.3, 0.4) is 0 Å². The number of rotatable bonds is 1. The van der Waals surface area contributed by atoms with Gasteiger partial charge in [0.2, 0.25) is 0 Å². The van der Waals surface area contributed by atoms with Crippen molar-refractivity contribution in [1.82, 2.24) is 0 Å². The molecule has 1 aromatic carbocycles. The van der Waals surface area contributed by atoms with E-state index in [1.165, 1.54) is 0 Å². The Bertz CT molecular complexity index is 292. The van der Waals surface area contributed by atoms with Crippen LogP contribution >= 0.6 is 11.6 Å². The van der Waals surface area contributed by atoms with Crippen LogP contribution in [0.1, 0.15) is 30.9 Å². The monoisotopic (exact) mass is 183 g/mol. The van der Waals surface area contributed by atoms with Gasteiger partial charge in [0.25, 0.3) is 0 Å². The molecule has 0 bridgehead atoms. The second kappa shape index (κ2) is 3.36. The van der Waals surface area contributed by atoms with Crippen LogP contribution in [0.2, 0.25) is 5.02 Å². The number of hydrogen-bond acceptors (Lipinski definition) is 1. The molecule has 1 rings (SSSR count). The number of hydrogen-bond donors (Lipinski definition) is 1. The maximum absolute atomic E-state index is 6.02. The first-order chi connectivity index (χ1) is 5.54. The van der Waals surface area contributed by atoms with Crippen LogP contribution in [0.15, 0.2) is 12.1 Å². The van der Waals surface area contributed by atoms with Gasteiger partial charge in [0, 0.05) is 10.7 Å². The molecule has 0 radical (unpaired) electrons. The minimum atomic E-state index is 0.386. The summed E-state index contributed by atoms with van der Waals surface area (Å²) in [5, 5.41) is 0.771. The summed E-state index contributed by atoms with van der Waals surface area (Å²) in [7, 11) is 0. The highest BCUT2D eigenvalue weighted by Gasteiger charge is 2.10. The molecule has 0 heterocycles. The van der Waals surface area contributed by atoms with Gasteiger partial charge in [-0.1, -0.05) is 31.5 Å². The van der Waals surface area contributed by atoms with E-state index in [0.29, 0.717) is 5.92 Å². The highest BCUT2D eigenvalue weighted by molar-refractivity contribution is 6.31. The van der Waals surface area contributed by atoms with Gasteiger partial charge in [0.1, 0.15) is 0 Å². The zero-order chi connectivity index (χ0) is 9.30. The van der Waals surface area contributed by atoms with Crippen LogP contribution in [0.25, 0.3) is 0 Å². The quantitative estimate of drug-likeness (QED) is 0.664. The minimum absolute atomic E-state index is 0.386. The molecular formula is C10H14ClN. The molecule has 1 aromatic rings. The number of aryl methyl sites for hydroxylation is 1. The molecule has 2 N–H and O–H groups in total. The van der Waals surface area contributed by atoms with Crippen molar-refractivity contribution in [2.75, 3.05) is 5.73 Å². The topological polar surface area (TPSA) is 26.0 Å². The lowest BCUT2D eigenvalue weighted by Gasteiger charge is -2.13. The molecule has 0 spiro atoms. The average molecular weight is 184 g/mol. The van der Waals surface area contributed by atoms with E-state index in [0.717, 1.165) is 21.8 Å². The van der Waals surface area contributed by atoms with Crippen LogP contribution in [-0.2, 0) is 0 Å². The Morgan fingerprint density at radius 1 is 1.33 bits per heavy atom. The number of benzene rings is 1. The Hall–Kier alpha value is -0.690. The van der Waals surface area contributed by atoms with Crippen LogP contribution < -0.4 is 5.73 Å². The predicted molar refractivity (Wildman–Crippen MR) is 54.7 cm³/mol. The third kappa shape index (κ3) is 1.56. The summed E-state index contributed by atoms with van der Waals surface area (Å²) in [5.41, 5.74) is 8.90. The number of halogens is 1. The van der Waals surface area contributed by atoms with Gasteiger partial charge in [0.15, 0.2) is 0 Å². The van der Waals surface area contributed by atoms with E-state index in [4.69, 9.17) is 17.3 Å². The standard InChI is InChI=1S/C10H14ClN/c1-6(2)9-8(11)5-4-7(3)10(9)12/h4-6H,12H2,1-3H3. The van der Waals surface area contributed by atoms with Crippen molar-refractivity contribution in [2.24, 2.45) is 0 Å². The Kier molecular flexibility index (Phi) is 2.63. The fourth-order valence-electron chi connectivity index (χ4n) is 1.31. The molecule has 0 aliphatic heterocycles. The van der Waals surface area contributed by atoms with E-state index < -0.39 is 0 Å². The fraction of sp³-hybridized carbons (Fsp3) is 0.400. The van der Waals surface area contributed by atoms with Gasteiger partial charge in [-0.05, 0) is 30.0 Å². The molecule has 0 atom stereocenters. The fourth-order valence-corrected chi connectivity index (χ4v) is 1.69. The molecule has 0 fully saturated rings. The third-order valence-corrected chi connectivity index (χ3v) is 2.36. The Labute approximate surface area is 78.5 Å². The highest BCUT2D eigenvalue weighted by Crippen LogP contribution is 2.31. The molecule has 12 heavy (non-hydrogen) atoms. The van der Waals surface area contributed by atoms with Crippen LogP contribution in [0, 0.1) is 6.92 Å². The molecule has 2 heteroatoms. The van der Waals surface area contributed by atoms with Crippen LogP contribution in [-0.4, -0.2) is 0 Å². The van der Waals surface area contributed by atoms with E-state index in [-0.39, 0.29) is 0 Å². The van der Waals surface area contributed by atoms with E-state index in [1.807, 2.05) is 19.1 Å². The van der Waals surface area contributed by atoms with Crippen molar-refractivity contribution in [2.45, 2.75) is 26.7 Å². The van der Waals surface area contributed by atoms with E-state index in [9.17, 15) is 0 Å². The summed E-state index contributed by atoms with van der Waals surface area (Å²) in [6.45, 7) is 6.19. The van der Waals surface area contributed by atoms with Crippen molar-refractivity contribution in [1.29, 1.82) is 0 Å². The zero-order valence-corrected chi connectivity index (χ0v) is 8.44. The summed E-state index contributed by atoms with van der Waals surface area (Å²) in [5.74, 6) is 0.386. The normalized spacial score (nSPS) is 10.8. The molecule has 0 saturated heterocycles. The second-order valence-corrected chi connectivity index (χ2v) is 3.75. The molecule has 0 aliphatic carbocycles. The van der Waals surface area contributed by atoms with Crippen molar-refractivity contribution in [3.8, 4) is 0 Å². The van der Waals surface area contributed by atoms with Gasteiger partial charge in [-0.2, -0.15) is 0 Å². The van der Waals surface area contributed by atoms with Crippen LogP contribution in [0.5, 0.6) is 0 Å². The molecular weight excluding hydrogens is 170 g/mol. The van der Waals surface area contributed by atoms with E-state index in [1.54, 1.807) is 0 Å². The van der Waals surface area contributed by atoms with Gasteiger partial charge in [-0.25, -0.2) is 0 Å². The van der Waals surface area contributed by atoms with Crippen molar-refractivity contribution in [3.63, 3.8) is 0 Å². The molecule has 0 aliphatic rings. The number of anilines is 1. The van der Waals surface area contributed by atoms with Gasteiger partial charge in [-0.3, -0.25) is 0 Å². The van der Waals surface area contributed by atoms with Gasteiger partial charge in [-0.15, -0.1) is 0 Å². The molecule has 1 nitrogen and oxygen atoms in total. The van der Waals surface area contributed by atoms with Crippen molar-refractivity contribution in [3.05, 3.63) is 28.3 Å². The summed E-state index contributed by atoms with van der Waals surface area (Å²) in [6, 6.07) is 3.85. The summed E-state index contributed by atoms with van der Waals surface area (Å²) in [4.78, 5) is 0. The Morgan fingerprint density at radius 2 is 1.92 bits per heavy atom. The zero-order valence-electron chi connectivity index (χ0n) is 7.69. The molecule has 0 aromatic heterocycles. The summed E-state index contributed by atoms with van der Waals surface area (Å²) < 4.78 is 0. The van der Waals surface area contributed by atoms with E-state index >= 15 is 0 Å². The van der Waals surface area contributed by atoms with Gasteiger partial charge >= 0.3 is 0 Å². The summed E-state index contributed by atoms with van der Waals surface area (Å²) in [6.07, 6.45) is 0. The minimum Gasteiger partial charge on any atom is -0.398 e. The lowest BCUT2D eigenvalue weighted by atomic mass is 9.98. The smallest absolute Gasteiger partial charge is 0.0461 e. The molecule has 0 unspecified atom stereocenters. The average Bonchev–Trinajstić information content (AvgIpc) is 1.97. The highest BCUT2D eigenvalue weighted by atomic mass is 35.5. The van der Waals surface area contributed by atoms with Gasteiger partial charge < -0.3 is 5.73 Å². The van der Waals surface area contributed by atoms with E-state index in [2.05, 4.69) is 13.8 Å². The Morgan fingerprint density at radius 3 is 2.33 bits per heavy atom. The SMILES string of the molecule is Cc1ccc(Cl)c(C(C)C)c1N. The molecule has 0 amide bonds. The Balaban J connectivity index is 3.33. The number of nitrogens with two attached hydrogens (primary N) is 1. The summed E-state index contributed by atoms with van der Waals surface area (Å²) >= 11 is 6.02. The lowest BCUT2D eigenvalue weighted by molar-refractivity contribution is 0.869. The third-order valence-electron chi connectivity index (χ3n) is 2.03. The van der Waals surface area contributed by atoms with Crippen molar-refractivity contribution >= 4 is 17.3 Å².